The predicted octanol–water partition coefficient (Wildman–Crippen LogP) is 1.93. The average molecular weight is 366 g/mol. The summed E-state index contributed by atoms with van der Waals surface area (Å²) in [6.45, 7) is 0. The van der Waals surface area contributed by atoms with Crippen LogP contribution in [0.1, 0.15) is 23.1 Å². The van der Waals surface area contributed by atoms with Crippen LogP contribution in [0.25, 0.3) is 0 Å². The molecule has 1 heterocycles. The first kappa shape index (κ1) is 20.6. The van der Waals surface area contributed by atoms with Crippen LogP contribution in [-0.4, -0.2) is 40.2 Å². The van der Waals surface area contributed by atoms with E-state index in [4.69, 9.17) is 0 Å². The molecule has 2 aromatic carbocycles. The van der Waals surface area contributed by atoms with Gasteiger partial charge < -0.3 is 15.1 Å². The third-order valence-corrected chi connectivity index (χ3v) is 4.41. The lowest BCUT2D eigenvalue weighted by Gasteiger charge is -2.30. The maximum atomic E-state index is 12.2. The molecule has 1 aliphatic rings. The van der Waals surface area contributed by atoms with Gasteiger partial charge in [0, 0.05) is 13.0 Å². The van der Waals surface area contributed by atoms with Crippen LogP contribution in [0.4, 0.5) is 0 Å². The molecule has 1 fully saturated rings. The molecule has 4 nitrogen and oxygen atoms in total. The number of carbonyl (C=O) groups excluding carboxylic acids is 1. The lowest BCUT2D eigenvalue weighted by atomic mass is 9.85. The van der Waals surface area contributed by atoms with Gasteiger partial charge in [0.05, 0.1) is 6.04 Å². The van der Waals surface area contributed by atoms with Gasteiger partial charge in [-0.3, -0.25) is 4.79 Å². The Bertz CT molecular complexity index is 654. The van der Waals surface area contributed by atoms with Crippen LogP contribution in [0.3, 0.4) is 0 Å². The van der Waals surface area contributed by atoms with Gasteiger partial charge in [0.1, 0.15) is 12.2 Å². The average Bonchev–Trinajstić information content (AvgIpc) is 2.80. The summed E-state index contributed by atoms with van der Waals surface area (Å²) in [4.78, 5) is 13.7. The van der Waals surface area contributed by atoms with Gasteiger partial charge in [-0.25, -0.2) is 0 Å². The highest BCUT2D eigenvalue weighted by Gasteiger charge is 2.49. The number of benzene rings is 2. The molecular weight excluding hydrogens is 342 g/mol. The molecule has 1 saturated heterocycles. The van der Waals surface area contributed by atoms with Gasteiger partial charge in [-0.15, -0.1) is 0 Å². The van der Waals surface area contributed by atoms with Crippen LogP contribution in [0.15, 0.2) is 60.7 Å². The van der Waals surface area contributed by atoms with Crippen molar-refractivity contribution < 1.29 is 15.0 Å². The Morgan fingerprint density at radius 2 is 1.46 bits per heavy atom. The van der Waals surface area contributed by atoms with E-state index in [1.165, 1.54) is 4.90 Å². The molecule has 0 radical (unpaired) electrons. The third kappa shape index (κ3) is 3.62. The Hall–Kier alpha value is -1.47. The van der Waals surface area contributed by atoms with Gasteiger partial charge in [0.25, 0.3) is 5.91 Å². The molecule has 130 valence electrons. The van der Waals surface area contributed by atoms with E-state index in [1.807, 2.05) is 60.7 Å². The van der Waals surface area contributed by atoms with Crippen molar-refractivity contribution >= 4 is 32.9 Å². The lowest BCUT2D eigenvalue weighted by Crippen LogP contribution is -2.36. The zero-order chi connectivity index (χ0) is 15.7. The summed E-state index contributed by atoms with van der Waals surface area (Å²) in [6, 6.07) is 18.1. The normalized spacial score (nSPS) is 24.0. The molecule has 0 saturated carbocycles. The van der Waals surface area contributed by atoms with Crippen LogP contribution in [-0.2, 0) is 4.79 Å². The predicted molar refractivity (Wildman–Crippen MR) is 104 cm³/mol. The fourth-order valence-electron chi connectivity index (χ4n) is 3.25. The molecule has 0 aromatic heterocycles. The van der Waals surface area contributed by atoms with Crippen molar-refractivity contribution in [1.82, 2.24) is 4.90 Å². The third-order valence-electron chi connectivity index (χ3n) is 4.41. The first-order valence-electron chi connectivity index (χ1n) is 7.34. The van der Waals surface area contributed by atoms with E-state index in [1.54, 1.807) is 7.05 Å². The van der Waals surface area contributed by atoms with Crippen LogP contribution in [0, 0.1) is 0 Å². The van der Waals surface area contributed by atoms with Crippen LogP contribution < -0.4 is 0 Å². The zero-order valence-corrected chi connectivity index (χ0v) is 15.3. The van der Waals surface area contributed by atoms with Gasteiger partial charge in [-0.05, 0) is 11.1 Å². The second-order valence-corrected chi connectivity index (χ2v) is 5.68. The summed E-state index contributed by atoms with van der Waals surface area (Å²) in [7, 11) is 1.63. The molecule has 0 spiro atoms. The van der Waals surface area contributed by atoms with Crippen molar-refractivity contribution in [2.24, 2.45) is 0 Å². The van der Waals surface area contributed by atoms with Crippen molar-refractivity contribution in [3.63, 3.8) is 0 Å². The maximum absolute atomic E-state index is 12.2. The molecule has 1 aliphatic heterocycles. The SMILES string of the molecule is CN1C(=O)[C@@H](O)[C@H](c2ccccc2)[C@@H]1[C@@H](O)c1ccccc1.S.S. The maximum Gasteiger partial charge on any atom is 0.252 e. The largest absolute Gasteiger partial charge is 0.386 e. The zero-order valence-electron chi connectivity index (χ0n) is 13.3. The smallest absolute Gasteiger partial charge is 0.252 e. The molecule has 6 heteroatoms. The fourth-order valence-corrected chi connectivity index (χ4v) is 3.25. The first-order valence-corrected chi connectivity index (χ1v) is 7.34. The van der Waals surface area contributed by atoms with E-state index in [9.17, 15) is 15.0 Å². The van der Waals surface area contributed by atoms with Crippen molar-refractivity contribution in [3.8, 4) is 0 Å². The highest BCUT2D eigenvalue weighted by Crippen LogP contribution is 2.40. The number of likely N-dealkylation sites (tertiary alicyclic amines) is 1. The number of hydrogen-bond acceptors (Lipinski definition) is 3. The van der Waals surface area contributed by atoms with Gasteiger partial charge in [0.15, 0.2) is 0 Å². The highest BCUT2D eigenvalue weighted by molar-refractivity contribution is 7.59. The summed E-state index contributed by atoms with van der Waals surface area (Å²) in [5.41, 5.74) is 1.59. The van der Waals surface area contributed by atoms with E-state index < -0.39 is 24.2 Å². The van der Waals surface area contributed by atoms with Crippen LogP contribution >= 0.6 is 27.0 Å². The van der Waals surface area contributed by atoms with Gasteiger partial charge in [-0.2, -0.15) is 27.0 Å². The molecule has 2 aromatic rings. The molecular formula is C18H23NO3S2. The number of aliphatic hydroxyl groups is 2. The Morgan fingerprint density at radius 3 is 2.00 bits per heavy atom. The topological polar surface area (TPSA) is 60.8 Å². The number of aliphatic hydroxyl groups excluding tert-OH is 2. The Kier molecular flexibility index (Phi) is 7.35. The van der Waals surface area contributed by atoms with E-state index in [-0.39, 0.29) is 32.9 Å². The Morgan fingerprint density at radius 1 is 0.958 bits per heavy atom. The molecule has 4 atom stereocenters. The fraction of sp³-hybridized carbons (Fsp3) is 0.278. The monoisotopic (exact) mass is 365 g/mol. The van der Waals surface area contributed by atoms with E-state index in [0.29, 0.717) is 0 Å². The summed E-state index contributed by atoms with van der Waals surface area (Å²) in [5, 5.41) is 21.1. The number of carbonyl (C=O) groups is 1. The second kappa shape index (κ2) is 8.58. The van der Waals surface area contributed by atoms with Crippen LogP contribution in [0.2, 0.25) is 0 Å². The number of nitrogens with zero attached hydrogens (tertiary/aromatic N) is 1. The van der Waals surface area contributed by atoms with Crippen molar-refractivity contribution in [2.75, 3.05) is 7.05 Å². The summed E-state index contributed by atoms with van der Waals surface area (Å²) >= 11 is 0. The van der Waals surface area contributed by atoms with Gasteiger partial charge in [-0.1, -0.05) is 60.7 Å². The van der Waals surface area contributed by atoms with Crippen molar-refractivity contribution in [3.05, 3.63) is 71.8 Å². The molecule has 0 bridgehead atoms. The minimum atomic E-state index is -1.13. The summed E-state index contributed by atoms with van der Waals surface area (Å²) < 4.78 is 0. The standard InChI is InChI=1S/C18H19NO3.2H2S/c1-19-15(16(20)13-10-6-3-7-11-13)14(17(21)18(19)22)12-8-4-2-5-9-12;;/h2-11,14-17,20-21H,1H3;2*1H2/t14-,15-,16+,17+;;/m1../s1. The number of hydrogen-bond donors (Lipinski definition) is 2. The highest BCUT2D eigenvalue weighted by atomic mass is 32.1. The molecule has 24 heavy (non-hydrogen) atoms. The Labute approximate surface area is 156 Å². The van der Waals surface area contributed by atoms with Gasteiger partial charge >= 0.3 is 0 Å². The second-order valence-electron chi connectivity index (χ2n) is 5.68. The Balaban J connectivity index is 0.00000144. The van der Waals surface area contributed by atoms with E-state index >= 15 is 0 Å². The molecule has 2 N–H and O–H groups in total. The van der Waals surface area contributed by atoms with Crippen molar-refractivity contribution in [1.29, 1.82) is 0 Å². The summed E-state index contributed by atoms with van der Waals surface area (Å²) in [6.07, 6.45) is -1.98. The summed E-state index contributed by atoms with van der Waals surface area (Å²) in [5.74, 6) is -0.803. The van der Waals surface area contributed by atoms with Crippen LogP contribution in [0.5, 0.6) is 0 Å². The number of rotatable bonds is 3. The number of amides is 1. The lowest BCUT2D eigenvalue weighted by molar-refractivity contribution is -0.135. The molecule has 0 unspecified atom stereocenters. The minimum Gasteiger partial charge on any atom is -0.386 e. The van der Waals surface area contributed by atoms with E-state index in [0.717, 1.165) is 11.1 Å². The number of likely N-dealkylation sites (N-methyl/N-ethyl adjacent to an activating group) is 1. The molecule has 1 amide bonds. The van der Waals surface area contributed by atoms with Crippen molar-refractivity contribution in [2.45, 2.75) is 24.2 Å². The van der Waals surface area contributed by atoms with Gasteiger partial charge in [0.2, 0.25) is 0 Å². The molecule has 3 rings (SSSR count). The quantitative estimate of drug-likeness (QED) is 0.874. The minimum absolute atomic E-state index is 0. The van der Waals surface area contributed by atoms with E-state index in [2.05, 4.69) is 0 Å². The first-order chi connectivity index (χ1) is 10.6. The molecule has 0 aliphatic carbocycles.